The van der Waals surface area contributed by atoms with Crippen molar-refractivity contribution in [3.05, 3.63) is 40.9 Å². The second-order valence-corrected chi connectivity index (χ2v) is 6.78. The van der Waals surface area contributed by atoms with E-state index in [1.165, 1.54) is 10.8 Å². The van der Waals surface area contributed by atoms with Crippen LogP contribution in [0.2, 0.25) is 0 Å². The van der Waals surface area contributed by atoms with Gasteiger partial charge in [0.15, 0.2) is 0 Å². The van der Waals surface area contributed by atoms with E-state index in [-0.39, 0.29) is 17.6 Å². The molecular formula is C18H22BrNO. The normalized spacial score (nSPS) is 23.8. The molecule has 2 nitrogen and oxygen atoms in total. The Hall–Kier alpha value is -1.06. The minimum absolute atomic E-state index is 0.130. The van der Waals surface area contributed by atoms with E-state index in [0.29, 0.717) is 0 Å². The molecule has 0 aliphatic heterocycles. The summed E-state index contributed by atoms with van der Waals surface area (Å²) in [4.78, 5) is 0. The Kier molecular flexibility index (Phi) is 3.98. The summed E-state index contributed by atoms with van der Waals surface area (Å²) < 4.78 is 7.37. The fraction of sp³-hybridized carbons (Fsp3) is 0.444. The summed E-state index contributed by atoms with van der Waals surface area (Å²) in [5, 5.41) is 2.41. The van der Waals surface area contributed by atoms with Gasteiger partial charge in [-0.05, 0) is 45.6 Å². The molecule has 3 heteroatoms. The van der Waals surface area contributed by atoms with Gasteiger partial charge < -0.3 is 10.5 Å². The average molecular weight is 348 g/mol. The van der Waals surface area contributed by atoms with Gasteiger partial charge in [0.25, 0.3) is 0 Å². The number of hydrogen-bond donors (Lipinski definition) is 1. The lowest BCUT2D eigenvalue weighted by atomic mass is 9.59. The van der Waals surface area contributed by atoms with Crippen molar-refractivity contribution in [3.63, 3.8) is 0 Å². The Labute approximate surface area is 134 Å². The monoisotopic (exact) mass is 347 g/mol. The van der Waals surface area contributed by atoms with Crippen LogP contribution in [0.5, 0.6) is 5.75 Å². The number of benzene rings is 2. The smallest absolute Gasteiger partial charge is 0.134 e. The SMILES string of the molecule is CCC1(CC)C(N)CC1Oc1ccc2ccccc2c1Br. The summed E-state index contributed by atoms with van der Waals surface area (Å²) in [6.07, 6.45) is 3.31. The van der Waals surface area contributed by atoms with Gasteiger partial charge in [-0.15, -0.1) is 0 Å². The maximum atomic E-state index is 6.33. The van der Waals surface area contributed by atoms with E-state index in [4.69, 9.17) is 10.5 Å². The minimum Gasteiger partial charge on any atom is -0.489 e. The predicted octanol–water partition coefficient (Wildman–Crippen LogP) is 4.89. The summed E-state index contributed by atoms with van der Waals surface area (Å²) in [5.74, 6) is 0.928. The molecule has 0 heterocycles. The van der Waals surface area contributed by atoms with Gasteiger partial charge in [-0.25, -0.2) is 0 Å². The maximum absolute atomic E-state index is 6.33. The van der Waals surface area contributed by atoms with Crippen molar-refractivity contribution in [1.82, 2.24) is 0 Å². The molecule has 1 fully saturated rings. The molecule has 0 saturated heterocycles. The molecule has 1 aliphatic rings. The topological polar surface area (TPSA) is 35.2 Å². The van der Waals surface area contributed by atoms with Crippen molar-refractivity contribution in [1.29, 1.82) is 0 Å². The van der Waals surface area contributed by atoms with Crippen LogP contribution in [0.25, 0.3) is 10.8 Å². The van der Waals surface area contributed by atoms with E-state index in [1.54, 1.807) is 0 Å². The number of fused-ring (bicyclic) bond motifs is 1. The highest BCUT2D eigenvalue weighted by Gasteiger charge is 2.52. The Morgan fingerprint density at radius 3 is 2.57 bits per heavy atom. The van der Waals surface area contributed by atoms with E-state index in [1.807, 2.05) is 0 Å². The number of rotatable bonds is 4. The molecule has 112 valence electrons. The number of hydrogen-bond acceptors (Lipinski definition) is 2. The minimum atomic E-state index is 0.130. The zero-order chi connectivity index (χ0) is 15.0. The Balaban J connectivity index is 1.91. The average Bonchev–Trinajstić information content (AvgIpc) is 2.51. The number of ether oxygens (including phenoxy) is 1. The van der Waals surface area contributed by atoms with Crippen molar-refractivity contribution in [2.75, 3.05) is 0 Å². The largest absolute Gasteiger partial charge is 0.489 e. The molecule has 2 aromatic carbocycles. The van der Waals surface area contributed by atoms with Gasteiger partial charge >= 0.3 is 0 Å². The first-order valence-corrected chi connectivity index (χ1v) is 8.51. The highest BCUT2D eigenvalue weighted by Crippen LogP contribution is 2.49. The standard InChI is InChI=1S/C18H22BrNO/c1-3-18(4-2)15(20)11-16(18)21-14-10-9-12-7-5-6-8-13(12)17(14)19/h5-10,15-16H,3-4,11,20H2,1-2H3. The Morgan fingerprint density at radius 1 is 1.19 bits per heavy atom. The summed E-state index contributed by atoms with van der Waals surface area (Å²) in [7, 11) is 0. The van der Waals surface area contributed by atoms with Gasteiger partial charge in [-0.2, -0.15) is 0 Å². The molecule has 0 amide bonds. The van der Waals surface area contributed by atoms with Crippen LogP contribution in [0, 0.1) is 5.41 Å². The van der Waals surface area contributed by atoms with Crippen LogP contribution in [-0.4, -0.2) is 12.1 Å². The first-order chi connectivity index (χ1) is 10.1. The lowest BCUT2D eigenvalue weighted by Gasteiger charge is -2.53. The van der Waals surface area contributed by atoms with Crippen molar-refractivity contribution >= 4 is 26.7 Å². The van der Waals surface area contributed by atoms with E-state index in [2.05, 4.69) is 66.2 Å². The summed E-state index contributed by atoms with van der Waals surface area (Å²) in [6, 6.07) is 12.8. The van der Waals surface area contributed by atoms with Crippen LogP contribution in [0.4, 0.5) is 0 Å². The van der Waals surface area contributed by atoms with Crippen LogP contribution in [-0.2, 0) is 0 Å². The lowest BCUT2D eigenvalue weighted by Crippen LogP contribution is -2.62. The van der Waals surface area contributed by atoms with Gasteiger partial charge in [0.05, 0.1) is 4.47 Å². The second kappa shape index (κ2) is 5.62. The van der Waals surface area contributed by atoms with Crippen LogP contribution in [0.1, 0.15) is 33.1 Å². The van der Waals surface area contributed by atoms with Crippen LogP contribution >= 0.6 is 15.9 Å². The van der Waals surface area contributed by atoms with Gasteiger partial charge in [-0.1, -0.05) is 44.2 Å². The fourth-order valence-electron chi connectivity index (χ4n) is 3.63. The van der Waals surface area contributed by atoms with Gasteiger partial charge in [0.2, 0.25) is 0 Å². The van der Waals surface area contributed by atoms with Gasteiger partial charge in [0, 0.05) is 17.9 Å². The third-order valence-electron chi connectivity index (χ3n) is 5.26. The molecule has 2 unspecified atom stereocenters. The van der Waals surface area contributed by atoms with E-state index in [9.17, 15) is 0 Å². The molecule has 1 saturated carbocycles. The van der Waals surface area contributed by atoms with Crippen molar-refractivity contribution in [2.24, 2.45) is 11.1 Å². The molecule has 0 radical (unpaired) electrons. The number of halogens is 1. The van der Waals surface area contributed by atoms with Gasteiger partial charge in [-0.3, -0.25) is 0 Å². The molecule has 2 atom stereocenters. The lowest BCUT2D eigenvalue weighted by molar-refractivity contribution is -0.0725. The van der Waals surface area contributed by atoms with E-state index in [0.717, 1.165) is 29.5 Å². The fourth-order valence-corrected chi connectivity index (χ4v) is 4.22. The molecule has 0 spiro atoms. The van der Waals surface area contributed by atoms with Crippen molar-refractivity contribution in [2.45, 2.75) is 45.3 Å². The summed E-state index contributed by atoms with van der Waals surface area (Å²) in [5.41, 5.74) is 6.39. The summed E-state index contributed by atoms with van der Waals surface area (Å²) in [6.45, 7) is 4.43. The highest BCUT2D eigenvalue weighted by molar-refractivity contribution is 9.10. The van der Waals surface area contributed by atoms with E-state index < -0.39 is 0 Å². The maximum Gasteiger partial charge on any atom is 0.134 e. The first kappa shape index (κ1) is 14.9. The van der Waals surface area contributed by atoms with Crippen LogP contribution in [0.15, 0.2) is 40.9 Å². The van der Waals surface area contributed by atoms with Crippen molar-refractivity contribution in [3.8, 4) is 5.75 Å². The first-order valence-electron chi connectivity index (χ1n) is 7.72. The zero-order valence-corrected chi connectivity index (χ0v) is 14.2. The second-order valence-electron chi connectivity index (χ2n) is 5.99. The molecule has 21 heavy (non-hydrogen) atoms. The zero-order valence-electron chi connectivity index (χ0n) is 12.6. The third kappa shape index (κ3) is 2.27. The van der Waals surface area contributed by atoms with E-state index >= 15 is 0 Å². The number of nitrogens with two attached hydrogens (primary N) is 1. The molecule has 2 aromatic rings. The molecule has 3 rings (SSSR count). The Bertz CT molecular complexity index is 651. The summed E-state index contributed by atoms with van der Waals surface area (Å²) >= 11 is 3.70. The quantitative estimate of drug-likeness (QED) is 0.854. The van der Waals surface area contributed by atoms with Crippen molar-refractivity contribution < 1.29 is 4.74 Å². The molecular weight excluding hydrogens is 326 g/mol. The molecule has 0 aromatic heterocycles. The van der Waals surface area contributed by atoms with Gasteiger partial charge in [0.1, 0.15) is 11.9 Å². The molecule has 1 aliphatic carbocycles. The molecule has 2 N–H and O–H groups in total. The van der Waals surface area contributed by atoms with Crippen LogP contribution in [0.3, 0.4) is 0 Å². The highest BCUT2D eigenvalue weighted by atomic mass is 79.9. The third-order valence-corrected chi connectivity index (χ3v) is 6.08. The Morgan fingerprint density at radius 2 is 1.90 bits per heavy atom. The van der Waals surface area contributed by atoms with Crippen LogP contribution < -0.4 is 10.5 Å². The molecule has 0 bridgehead atoms. The predicted molar refractivity (Wildman–Crippen MR) is 91.7 cm³/mol.